The van der Waals surface area contributed by atoms with Crippen molar-refractivity contribution in [3.63, 3.8) is 0 Å². The number of esters is 1. The molecule has 1 heterocycles. The molecule has 1 aromatic carbocycles. The number of rotatable bonds is 6. The Morgan fingerprint density at radius 1 is 1.30 bits per heavy atom. The first-order valence-electron chi connectivity index (χ1n) is 9.80. The molecule has 0 aliphatic carbocycles. The summed E-state index contributed by atoms with van der Waals surface area (Å²) >= 11 is 3.36. The van der Waals surface area contributed by atoms with E-state index in [9.17, 15) is 19.5 Å². The molecule has 8 nitrogen and oxygen atoms in total. The molecule has 0 unspecified atom stereocenters. The molecule has 1 fully saturated rings. The number of ether oxygens (including phenoxy) is 1. The maximum atomic E-state index is 13.1. The van der Waals surface area contributed by atoms with Crippen molar-refractivity contribution in [1.29, 1.82) is 0 Å². The summed E-state index contributed by atoms with van der Waals surface area (Å²) in [5.41, 5.74) is 6.33. The summed E-state index contributed by atoms with van der Waals surface area (Å²) in [6.07, 6.45) is -0.766. The number of likely N-dealkylation sites (tertiary alicyclic amines) is 1. The van der Waals surface area contributed by atoms with E-state index in [0.717, 1.165) is 10.0 Å². The van der Waals surface area contributed by atoms with Gasteiger partial charge in [0.2, 0.25) is 11.8 Å². The summed E-state index contributed by atoms with van der Waals surface area (Å²) in [4.78, 5) is 39.2. The molecular weight excluding hydrogens is 454 g/mol. The quantitative estimate of drug-likeness (QED) is 0.527. The van der Waals surface area contributed by atoms with Crippen LogP contribution in [0.1, 0.15) is 45.2 Å². The first-order chi connectivity index (χ1) is 13.9. The number of β-amino-alcohol motifs (C(OH)–C–C–N with tert-alkyl or cyclic N) is 1. The molecule has 9 heteroatoms. The van der Waals surface area contributed by atoms with Crippen molar-refractivity contribution in [3.8, 4) is 0 Å². The first-order valence-corrected chi connectivity index (χ1v) is 10.6. The van der Waals surface area contributed by atoms with Crippen molar-refractivity contribution in [2.45, 2.75) is 57.8 Å². The van der Waals surface area contributed by atoms with Gasteiger partial charge in [0.15, 0.2) is 0 Å². The van der Waals surface area contributed by atoms with Crippen LogP contribution in [-0.2, 0) is 19.1 Å². The second kappa shape index (κ2) is 9.89. The fraction of sp³-hybridized carbons (Fsp3) is 0.571. The largest absolute Gasteiger partial charge is 0.469 e. The number of nitrogens with two attached hydrogens (primary N) is 1. The van der Waals surface area contributed by atoms with Crippen LogP contribution in [-0.4, -0.2) is 59.6 Å². The molecule has 1 aliphatic rings. The van der Waals surface area contributed by atoms with Crippen LogP contribution in [0.5, 0.6) is 0 Å². The molecule has 0 aromatic heterocycles. The third kappa shape index (κ3) is 6.02. The molecule has 4 atom stereocenters. The fourth-order valence-electron chi connectivity index (χ4n) is 3.32. The second-order valence-electron chi connectivity index (χ2n) is 8.63. The average Bonchev–Trinajstić information content (AvgIpc) is 3.07. The lowest BCUT2D eigenvalue weighted by atomic mass is 9.86. The number of halogens is 1. The molecule has 30 heavy (non-hydrogen) atoms. The van der Waals surface area contributed by atoms with E-state index in [4.69, 9.17) is 10.5 Å². The summed E-state index contributed by atoms with van der Waals surface area (Å²) in [6.45, 7) is 5.58. The molecule has 2 amide bonds. The molecule has 1 aromatic rings. The van der Waals surface area contributed by atoms with Crippen LogP contribution in [0.3, 0.4) is 0 Å². The predicted octanol–water partition coefficient (Wildman–Crippen LogP) is 1.50. The van der Waals surface area contributed by atoms with E-state index < -0.39 is 41.5 Å². The Morgan fingerprint density at radius 2 is 1.90 bits per heavy atom. The van der Waals surface area contributed by atoms with Gasteiger partial charge in [-0.1, -0.05) is 48.8 Å². The molecule has 2 rings (SSSR count). The Kier molecular flexibility index (Phi) is 8.01. The zero-order valence-electron chi connectivity index (χ0n) is 17.7. The van der Waals surface area contributed by atoms with Crippen LogP contribution in [0.15, 0.2) is 28.7 Å². The minimum Gasteiger partial charge on any atom is -0.469 e. The molecule has 0 spiro atoms. The average molecular weight is 484 g/mol. The molecule has 166 valence electrons. The number of nitrogens with one attached hydrogen (secondary N) is 1. The van der Waals surface area contributed by atoms with Crippen LogP contribution in [0.2, 0.25) is 0 Å². The number of amides is 2. The van der Waals surface area contributed by atoms with Crippen LogP contribution in [0.25, 0.3) is 0 Å². The van der Waals surface area contributed by atoms with E-state index in [0.29, 0.717) is 0 Å². The van der Waals surface area contributed by atoms with E-state index in [2.05, 4.69) is 21.2 Å². The van der Waals surface area contributed by atoms with Gasteiger partial charge in [-0.15, -0.1) is 0 Å². The number of hydrogen-bond donors (Lipinski definition) is 3. The lowest BCUT2D eigenvalue weighted by molar-refractivity contribution is -0.143. The number of carbonyl (C=O) groups is 3. The van der Waals surface area contributed by atoms with Crippen molar-refractivity contribution < 1.29 is 24.2 Å². The minimum absolute atomic E-state index is 0.0423. The molecule has 1 saturated heterocycles. The smallest absolute Gasteiger partial charge is 0.307 e. The highest BCUT2D eigenvalue weighted by molar-refractivity contribution is 9.10. The lowest BCUT2D eigenvalue weighted by Gasteiger charge is -2.33. The summed E-state index contributed by atoms with van der Waals surface area (Å²) < 4.78 is 5.62. The molecular formula is C21H30BrN3O5. The van der Waals surface area contributed by atoms with Crippen molar-refractivity contribution in [2.24, 2.45) is 11.1 Å². The van der Waals surface area contributed by atoms with Crippen LogP contribution in [0, 0.1) is 5.41 Å². The number of hydrogen-bond acceptors (Lipinski definition) is 6. The highest BCUT2D eigenvalue weighted by atomic mass is 79.9. The zero-order chi connectivity index (χ0) is 22.6. The van der Waals surface area contributed by atoms with E-state index in [1.54, 1.807) is 12.1 Å². The van der Waals surface area contributed by atoms with E-state index >= 15 is 0 Å². The van der Waals surface area contributed by atoms with Gasteiger partial charge < -0.3 is 25.8 Å². The summed E-state index contributed by atoms with van der Waals surface area (Å²) in [5.74, 6) is -1.30. The van der Waals surface area contributed by atoms with Crippen molar-refractivity contribution >= 4 is 33.7 Å². The number of nitrogens with zero attached hydrogens (tertiary/aromatic N) is 1. The molecule has 1 aliphatic heterocycles. The lowest BCUT2D eigenvalue weighted by Crippen LogP contribution is -2.55. The van der Waals surface area contributed by atoms with Crippen LogP contribution in [0.4, 0.5) is 0 Å². The van der Waals surface area contributed by atoms with Gasteiger partial charge in [-0.3, -0.25) is 14.4 Å². The number of methoxy groups -OCH3 is 1. The number of carbonyl (C=O) groups excluding carboxylic acids is 3. The standard InChI is InChI=1S/C21H30BrN3O5/c1-21(2,3)18(23)20(29)25-11-14(26)9-16(25)19(28)24-15(10-17(27)30-4)12-5-7-13(22)8-6-12/h5-8,14-16,18,26H,9-11,23H2,1-4H3,(H,24,28)/t14-,15+,16+,18+/m1/s1. The topological polar surface area (TPSA) is 122 Å². The van der Waals surface area contributed by atoms with Gasteiger partial charge in [-0.25, -0.2) is 0 Å². The Balaban J connectivity index is 2.22. The SMILES string of the molecule is COC(=O)C[C@H](NC(=O)[C@@H]1C[C@@H](O)CN1C(=O)[C@H](N)C(C)(C)C)c1ccc(Br)cc1. The maximum Gasteiger partial charge on any atom is 0.307 e. The second-order valence-corrected chi connectivity index (χ2v) is 9.55. The summed E-state index contributed by atoms with van der Waals surface area (Å²) in [5, 5.41) is 13.0. The fourth-order valence-corrected chi connectivity index (χ4v) is 3.58. The molecule has 4 N–H and O–H groups in total. The van der Waals surface area contributed by atoms with E-state index in [-0.39, 0.29) is 25.3 Å². The molecule has 0 bridgehead atoms. The normalized spacial score (nSPS) is 21.1. The van der Waals surface area contributed by atoms with Crippen molar-refractivity contribution in [1.82, 2.24) is 10.2 Å². The number of benzene rings is 1. The Labute approximate surface area is 185 Å². The highest BCUT2D eigenvalue weighted by Crippen LogP contribution is 2.26. The predicted molar refractivity (Wildman–Crippen MR) is 115 cm³/mol. The van der Waals surface area contributed by atoms with E-state index in [1.165, 1.54) is 12.0 Å². The van der Waals surface area contributed by atoms with Gasteiger partial charge in [-0.2, -0.15) is 0 Å². The Morgan fingerprint density at radius 3 is 2.43 bits per heavy atom. The summed E-state index contributed by atoms with van der Waals surface area (Å²) in [7, 11) is 1.28. The number of aliphatic hydroxyl groups is 1. The Bertz CT molecular complexity index is 778. The minimum atomic E-state index is -0.864. The summed E-state index contributed by atoms with van der Waals surface area (Å²) in [6, 6.07) is 4.89. The van der Waals surface area contributed by atoms with Gasteiger partial charge in [0.05, 0.1) is 31.7 Å². The van der Waals surface area contributed by atoms with Crippen molar-refractivity contribution in [3.05, 3.63) is 34.3 Å². The monoisotopic (exact) mass is 483 g/mol. The van der Waals surface area contributed by atoms with Crippen LogP contribution >= 0.6 is 15.9 Å². The first kappa shape index (κ1) is 24.3. The third-order valence-corrected chi connectivity index (χ3v) is 5.78. The van der Waals surface area contributed by atoms with Gasteiger partial charge in [0.1, 0.15) is 6.04 Å². The van der Waals surface area contributed by atoms with Gasteiger partial charge in [0.25, 0.3) is 0 Å². The van der Waals surface area contributed by atoms with Gasteiger partial charge in [-0.05, 0) is 23.1 Å². The maximum absolute atomic E-state index is 13.1. The zero-order valence-corrected chi connectivity index (χ0v) is 19.3. The third-order valence-electron chi connectivity index (χ3n) is 5.25. The van der Waals surface area contributed by atoms with Gasteiger partial charge >= 0.3 is 5.97 Å². The Hall–Kier alpha value is -1.97. The van der Waals surface area contributed by atoms with E-state index in [1.807, 2.05) is 32.9 Å². The highest BCUT2D eigenvalue weighted by Gasteiger charge is 2.43. The van der Waals surface area contributed by atoms with Crippen molar-refractivity contribution in [2.75, 3.05) is 13.7 Å². The van der Waals surface area contributed by atoms with Gasteiger partial charge in [0, 0.05) is 17.4 Å². The molecule has 0 saturated carbocycles. The number of aliphatic hydroxyl groups excluding tert-OH is 1. The van der Waals surface area contributed by atoms with Crippen LogP contribution < -0.4 is 11.1 Å². The molecule has 0 radical (unpaired) electrons.